The van der Waals surface area contributed by atoms with Gasteiger partial charge in [-0.15, -0.1) is 0 Å². The first-order chi connectivity index (χ1) is 8.90. The summed E-state index contributed by atoms with van der Waals surface area (Å²) < 4.78 is 0.785. The van der Waals surface area contributed by atoms with Gasteiger partial charge in [0.15, 0.2) is 0 Å². The summed E-state index contributed by atoms with van der Waals surface area (Å²) in [5.74, 6) is -0.507. The maximum Gasteiger partial charge on any atom is 0.255 e. The van der Waals surface area contributed by atoms with E-state index in [-0.39, 0.29) is 23.7 Å². The van der Waals surface area contributed by atoms with Crippen molar-refractivity contribution in [1.29, 1.82) is 0 Å². The predicted molar refractivity (Wildman–Crippen MR) is 76.6 cm³/mol. The second kappa shape index (κ2) is 5.33. The zero-order valence-electron chi connectivity index (χ0n) is 11.0. The van der Waals surface area contributed by atoms with Crippen LogP contribution in [0.4, 0.5) is 0 Å². The Bertz CT molecular complexity index is 530. The van der Waals surface area contributed by atoms with Gasteiger partial charge in [0.05, 0.1) is 11.5 Å². The fourth-order valence-corrected chi connectivity index (χ4v) is 3.13. The van der Waals surface area contributed by atoms with Crippen LogP contribution in [-0.2, 0) is 4.79 Å². The summed E-state index contributed by atoms with van der Waals surface area (Å²) in [5.41, 5.74) is 7.07. The number of hydrogen-bond acceptors (Lipinski definition) is 2. The molecule has 0 aromatic heterocycles. The number of halogens is 1. The largest absolute Gasteiger partial charge is 0.369 e. The Morgan fingerprint density at radius 3 is 2.58 bits per heavy atom. The number of primary amides is 1. The molecule has 2 rings (SSSR count). The minimum absolute atomic E-state index is 0.0533. The van der Waals surface area contributed by atoms with E-state index in [1.807, 2.05) is 32.0 Å². The Hall–Kier alpha value is -1.36. The minimum atomic E-state index is -0.328. The van der Waals surface area contributed by atoms with Gasteiger partial charge in [0.1, 0.15) is 0 Å². The molecule has 1 aromatic carbocycles. The molecule has 0 bridgehead atoms. The van der Waals surface area contributed by atoms with E-state index in [0.717, 1.165) is 10.0 Å². The van der Waals surface area contributed by atoms with Gasteiger partial charge < -0.3 is 10.6 Å². The monoisotopic (exact) mass is 324 g/mol. The molecule has 2 N–H and O–H groups in total. The second-order valence-corrected chi connectivity index (χ2v) is 6.03. The molecule has 19 heavy (non-hydrogen) atoms. The van der Waals surface area contributed by atoms with Crippen molar-refractivity contribution in [3.05, 3.63) is 33.8 Å². The molecule has 1 saturated heterocycles. The van der Waals surface area contributed by atoms with Crippen LogP contribution in [0.3, 0.4) is 0 Å². The molecule has 2 atom stereocenters. The molecule has 0 radical (unpaired) electrons. The quantitative estimate of drug-likeness (QED) is 0.903. The molecule has 102 valence electrons. The first kappa shape index (κ1) is 14.1. The molecular formula is C14H17BrN2O2. The Morgan fingerprint density at radius 1 is 1.37 bits per heavy atom. The molecule has 1 fully saturated rings. The van der Waals surface area contributed by atoms with Gasteiger partial charge in [0.25, 0.3) is 5.91 Å². The van der Waals surface area contributed by atoms with Gasteiger partial charge in [0.2, 0.25) is 5.91 Å². The van der Waals surface area contributed by atoms with E-state index in [2.05, 4.69) is 15.9 Å². The lowest BCUT2D eigenvalue weighted by atomic mass is 9.98. The molecule has 1 aromatic rings. The van der Waals surface area contributed by atoms with Gasteiger partial charge in [0, 0.05) is 17.6 Å². The number of carbonyl (C=O) groups excluding carboxylic acids is 2. The molecule has 0 aliphatic carbocycles. The van der Waals surface area contributed by atoms with Crippen LogP contribution in [0.25, 0.3) is 0 Å². The summed E-state index contributed by atoms with van der Waals surface area (Å²) >= 11 is 3.41. The van der Waals surface area contributed by atoms with Gasteiger partial charge in [-0.3, -0.25) is 9.59 Å². The molecule has 1 aliphatic heterocycles. The smallest absolute Gasteiger partial charge is 0.255 e. The first-order valence-corrected chi connectivity index (χ1v) is 7.04. The van der Waals surface area contributed by atoms with Crippen molar-refractivity contribution in [1.82, 2.24) is 4.90 Å². The van der Waals surface area contributed by atoms with Gasteiger partial charge in [-0.2, -0.15) is 0 Å². The topological polar surface area (TPSA) is 63.4 Å². The van der Waals surface area contributed by atoms with Crippen LogP contribution in [0.2, 0.25) is 0 Å². The lowest BCUT2D eigenvalue weighted by Gasteiger charge is -2.17. The summed E-state index contributed by atoms with van der Waals surface area (Å²) in [7, 11) is 0. The van der Waals surface area contributed by atoms with E-state index in [1.165, 1.54) is 0 Å². The van der Waals surface area contributed by atoms with Crippen LogP contribution in [0.1, 0.15) is 22.8 Å². The normalized spacial score (nSPS) is 22.6. The van der Waals surface area contributed by atoms with Crippen LogP contribution in [0, 0.1) is 18.8 Å². The number of nitrogens with zero attached hydrogens (tertiary/aromatic N) is 1. The lowest BCUT2D eigenvalue weighted by Crippen LogP contribution is -2.32. The first-order valence-electron chi connectivity index (χ1n) is 6.25. The van der Waals surface area contributed by atoms with E-state index in [1.54, 1.807) is 4.90 Å². The zero-order valence-corrected chi connectivity index (χ0v) is 12.6. The number of amides is 2. The average Bonchev–Trinajstić information content (AvgIpc) is 2.70. The van der Waals surface area contributed by atoms with Crippen molar-refractivity contribution >= 4 is 27.7 Å². The molecule has 4 nitrogen and oxygen atoms in total. The van der Waals surface area contributed by atoms with Crippen LogP contribution in [0.15, 0.2) is 22.7 Å². The highest BCUT2D eigenvalue weighted by atomic mass is 79.9. The summed E-state index contributed by atoms with van der Waals surface area (Å²) in [6.07, 6.45) is 0. The Kier molecular flexibility index (Phi) is 3.94. The Morgan fingerprint density at radius 2 is 2.05 bits per heavy atom. The maximum absolute atomic E-state index is 12.4. The molecule has 0 spiro atoms. The number of rotatable bonds is 2. The molecule has 0 unspecified atom stereocenters. The summed E-state index contributed by atoms with van der Waals surface area (Å²) in [6.45, 7) is 4.91. The number of benzene rings is 1. The molecule has 0 saturated carbocycles. The Balaban J connectivity index is 2.19. The van der Waals surface area contributed by atoms with Crippen LogP contribution in [-0.4, -0.2) is 29.8 Å². The maximum atomic E-state index is 12.4. The van der Waals surface area contributed by atoms with Crippen LogP contribution < -0.4 is 5.73 Å². The van der Waals surface area contributed by atoms with Crippen molar-refractivity contribution in [2.24, 2.45) is 17.6 Å². The van der Waals surface area contributed by atoms with E-state index in [0.29, 0.717) is 18.7 Å². The standard InChI is InChI=1S/C14H17BrN2O2/c1-8-3-4-10(12(15)5-8)14(19)17-6-9(2)11(7-17)13(16)18/h3-5,9,11H,6-7H2,1-2H3,(H2,16,18)/t9-,11-/m1/s1. The number of nitrogens with two attached hydrogens (primary N) is 1. The Labute approximate surface area is 121 Å². The predicted octanol–water partition coefficient (Wildman–Crippen LogP) is 1.95. The van der Waals surface area contributed by atoms with Crippen molar-refractivity contribution in [2.45, 2.75) is 13.8 Å². The van der Waals surface area contributed by atoms with Gasteiger partial charge in [-0.1, -0.05) is 13.0 Å². The van der Waals surface area contributed by atoms with Crippen LogP contribution >= 0.6 is 15.9 Å². The summed E-state index contributed by atoms with van der Waals surface area (Å²) in [6, 6.07) is 5.63. The summed E-state index contributed by atoms with van der Waals surface area (Å²) in [4.78, 5) is 25.4. The minimum Gasteiger partial charge on any atom is -0.369 e. The molecule has 1 aliphatic rings. The highest BCUT2D eigenvalue weighted by Gasteiger charge is 2.36. The SMILES string of the molecule is Cc1ccc(C(=O)N2C[C@@H](C)[C@H](C(N)=O)C2)c(Br)c1. The zero-order chi connectivity index (χ0) is 14.2. The van der Waals surface area contributed by atoms with Crippen molar-refractivity contribution in [3.8, 4) is 0 Å². The number of likely N-dealkylation sites (tertiary alicyclic amines) is 1. The second-order valence-electron chi connectivity index (χ2n) is 5.18. The van der Waals surface area contributed by atoms with Gasteiger partial charge >= 0.3 is 0 Å². The average molecular weight is 325 g/mol. The summed E-state index contributed by atoms with van der Waals surface area (Å²) in [5, 5.41) is 0. The fourth-order valence-electron chi connectivity index (χ4n) is 2.47. The molecule has 5 heteroatoms. The van der Waals surface area contributed by atoms with E-state index < -0.39 is 0 Å². The molecular weight excluding hydrogens is 308 g/mol. The third-order valence-electron chi connectivity index (χ3n) is 3.62. The third kappa shape index (κ3) is 2.81. The van der Waals surface area contributed by atoms with Crippen molar-refractivity contribution < 1.29 is 9.59 Å². The highest BCUT2D eigenvalue weighted by molar-refractivity contribution is 9.10. The molecule has 2 amide bonds. The van der Waals surface area contributed by atoms with E-state index in [9.17, 15) is 9.59 Å². The number of carbonyl (C=O) groups is 2. The van der Waals surface area contributed by atoms with Crippen molar-refractivity contribution in [2.75, 3.05) is 13.1 Å². The van der Waals surface area contributed by atoms with Gasteiger partial charge in [-0.25, -0.2) is 0 Å². The van der Waals surface area contributed by atoms with Crippen LogP contribution in [0.5, 0.6) is 0 Å². The third-order valence-corrected chi connectivity index (χ3v) is 4.28. The van der Waals surface area contributed by atoms with Gasteiger partial charge in [-0.05, 0) is 46.5 Å². The number of aryl methyl sites for hydroxylation is 1. The fraction of sp³-hybridized carbons (Fsp3) is 0.429. The van der Waals surface area contributed by atoms with Crippen molar-refractivity contribution in [3.63, 3.8) is 0 Å². The van der Waals surface area contributed by atoms with E-state index in [4.69, 9.17) is 5.73 Å². The lowest BCUT2D eigenvalue weighted by molar-refractivity contribution is -0.122. The molecule has 1 heterocycles. The number of hydrogen-bond donors (Lipinski definition) is 1. The van der Waals surface area contributed by atoms with E-state index >= 15 is 0 Å². The highest BCUT2D eigenvalue weighted by Crippen LogP contribution is 2.26.